The molecular weight excluding hydrogens is 572 g/mol. The van der Waals surface area contributed by atoms with Gasteiger partial charge in [0.2, 0.25) is 23.6 Å². The molecule has 3 heterocycles. The normalized spacial score (nSPS) is 16.1. The molecule has 2 saturated heterocycles. The number of hydrogen-bond donors (Lipinski definition) is 1. The molecule has 43 heavy (non-hydrogen) atoms. The average Bonchev–Trinajstić information content (AvgIpc) is 3.70. The number of amides is 4. The number of anilines is 3. The number of piperazine rings is 1. The Morgan fingerprint density at radius 3 is 2.37 bits per heavy atom. The molecule has 13 heteroatoms. The Morgan fingerprint density at radius 2 is 1.67 bits per heavy atom. The van der Waals surface area contributed by atoms with Crippen LogP contribution in [0.25, 0.3) is 5.69 Å². The van der Waals surface area contributed by atoms with Crippen LogP contribution < -0.4 is 15.1 Å². The lowest BCUT2D eigenvalue weighted by Crippen LogP contribution is -2.60. The lowest BCUT2D eigenvalue weighted by atomic mass is 10.0. The Morgan fingerprint density at radius 1 is 0.884 bits per heavy atom. The second-order valence-electron chi connectivity index (χ2n) is 10.3. The highest BCUT2D eigenvalue weighted by atomic mass is 35.5. The van der Waals surface area contributed by atoms with Crippen molar-refractivity contribution < 1.29 is 19.2 Å². The van der Waals surface area contributed by atoms with E-state index in [1.54, 1.807) is 47.4 Å². The quantitative estimate of drug-likeness (QED) is 0.330. The number of nitrogens with one attached hydrogen (secondary N) is 1. The molecule has 0 spiro atoms. The Labute approximate surface area is 251 Å². The molecule has 218 valence electrons. The number of carbonyl (C=O) groups excluding carboxylic acids is 4. The zero-order valence-electron chi connectivity index (χ0n) is 23.0. The van der Waals surface area contributed by atoms with Crippen molar-refractivity contribution in [2.24, 2.45) is 0 Å². The lowest BCUT2D eigenvalue weighted by molar-refractivity contribution is -0.143. The molecule has 4 amide bonds. The summed E-state index contributed by atoms with van der Waals surface area (Å²) < 4.78 is 1.38. The van der Waals surface area contributed by atoms with Crippen LogP contribution >= 0.6 is 11.6 Å². The summed E-state index contributed by atoms with van der Waals surface area (Å²) in [6.45, 7) is 0.0466. The first-order valence-corrected chi connectivity index (χ1v) is 14.1. The van der Waals surface area contributed by atoms with E-state index in [2.05, 4.69) is 20.8 Å². The topological polar surface area (TPSA) is 134 Å². The highest BCUT2D eigenvalue weighted by Gasteiger charge is 2.39. The van der Waals surface area contributed by atoms with Crippen LogP contribution in [0.2, 0.25) is 5.02 Å². The molecule has 12 nitrogen and oxygen atoms in total. The minimum Gasteiger partial charge on any atom is -0.324 e. The molecule has 2 aliphatic heterocycles. The van der Waals surface area contributed by atoms with Crippen LogP contribution in [-0.4, -0.2) is 74.4 Å². The third kappa shape index (κ3) is 5.95. The largest absolute Gasteiger partial charge is 0.324 e. The van der Waals surface area contributed by atoms with Crippen molar-refractivity contribution in [3.63, 3.8) is 0 Å². The zero-order chi connectivity index (χ0) is 29.9. The lowest BCUT2D eigenvalue weighted by Gasteiger charge is -2.38. The molecule has 0 saturated carbocycles. The molecular formula is C30H27ClN8O4. The van der Waals surface area contributed by atoms with Crippen LogP contribution in [0, 0.1) is 0 Å². The highest BCUT2D eigenvalue weighted by molar-refractivity contribution is 6.31. The van der Waals surface area contributed by atoms with Crippen molar-refractivity contribution in [1.29, 1.82) is 0 Å². The van der Waals surface area contributed by atoms with Crippen molar-refractivity contribution in [1.82, 2.24) is 25.1 Å². The van der Waals surface area contributed by atoms with E-state index in [4.69, 9.17) is 11.6 Å². The SMILES string of the molecule is O=C(Nc1ccc(N2CCCC2=O)cc1)C(Cc1ccccc1)N1CC(=O)N(c2cc(Cl)ccc2-n2cnnn2)CC1=O. The first-order valence-electron chi connectivity index (χ1n) is 13.8. The molecule has 1 aromatic heterocycles. The van der Waals surface area contributed by atoms with Gasteiger partial charge in [-0.15, -0.1) is 5.10 Å². The van der Waals surface area contributed by atoms with Crippen molar-refractivity contribution >= 4 is 52.3 Å². The van der Waals surface area contributed by atoms with Crippen LogP contribution in [0.4, 0.5) is 17.1 Å². The number of nitrogens with zero attached hydrogens (tertiary/aromatic N) is 7. The van der Waals surface area contributed by atoms with Crippen molar-refractivity contribution in [3.8, 4) is 5.69 Å². The van der Waals surface area contributed by atoms with Gasteiger partial charge in [0.1, 0.15) is 25.5 Å². The number of aromatic nitrogens is 4. The maximum absolute atomic E-state index is 13.7. The van der Waals surface area contributed by atoms with Gasteiger partial charge in [-0.1, -0.05) is 41.9 Å². The standard InChI is InChI=1S/C30H27ClN8O4/c31-21-8-13-24(39-19-32-34-35-39)25(16-21)37-17-29(42)38(18-28(37)41)26(15-20-5-2-1-3-6-20)30(43)33-22-9-11-23(12-10-22)36-14-4-7-27(36)40/h1-3,5-6,8-13,16,19,26H,4,7,14-15,17-18H2,(H,33,43). The maximum atomic E-state index is 13.7. The molecule has 0 bridgehead atoms. The molecule has 2 aliphatic rings. The van der Waals surface area contributed by atoms with Gasteiger partial charge in [-0.3, -0.25) is 24.1 Å². The van der Waals surface area contributed by atoms with Gasteiger partial charge in [-0.25, -0.2) is 0 Å². The van der Waals surface area contributed by atoms with E-state index >= 15 is 0 Å². The van der Waals surface area contributed by atoms with Gasteiger partial charge in [0.15, 0.2) is 0 Å². The van der Waals surface area contributed by atoms with Crippen molar-refractivity contribution in [2.45, 2.75) is 25.3 Å². The van der Waals surface area contributed by atoms with Gasteiger partial charge >= 0.3 is 0 Å². The summed E-state index contributed by atoms with van der Waals surface area (Å²) in [6, 6.07) is 20.3. The summed E-state index contributed by atoms with van der Waals surface area (Å²) in [7, 11) is 0. The molecule has 0 aliphatic carbocycles. The minimum absolute atomic E-state index is 0.0740. The molecule has 3 aromatic carbocycles. The maximum Gasteiger partial charge on any atom is 0.247 e. The minimum atomic E-state index is -0.959. The van der Waals surface area contributed by atoms with E-state index in [1.165, 1.54) is 20.8 Å². The Bertz CT molecular complexity index is 1660. The number of hydrogen-bond acceptors (Lipinski definition) is 7. The third-order valence-corrected chi connectivity index (χ3v) is 7.75. The molecule has 6 rings (SSSR count). The van der Waals surface area contributed by atoms with Gasteiger partial charge in [-0.2, -0.15) is 4.68 Å². The van der Waals surface area contributed by atoms with Gasteiger partial charge in [0.25, 0.3) is 0 Å². The van der Waals surface area contributed by atoms with Crippen LogP contribution in [0.5, 0.6) is 0 Å². The summed E-state index contributed by atoms with van der Waals surface area (Å²) in [5.74, 6) is -1.15. The predicted molar refractivity (Wildman–Crippen MR) is 159 cm³/mol. The summed E-state index contributed by atoms with van der Waals surface area (Å²) in [6.07, 6.45) is 2.93. The fourth-order valence-electron chi connectivity index (χ4n) is 5.37. The van der Waals surface area contributed by atoms with Crippen molar-refractivity contribution in [2.75, 3.05) is 34.8 Å². The fraction of sp³-hybridized carbons (Fsp3) is 0.233. The Hall–Kier alpha value is -5.10. The van der Waals surface area contributed by atoms with Gasteiger partial charge < -0.3 is 15.1 Å². The van der Waals surface area contributed by atoms with Crippen LogP contribution in [-0.2, 0) is 25.6 Å². The summed E-state index contributed by atoms with van der Waals surface area (Å²) in [4.78, 5) is 57.4. The number of carbonyl (C=O) groups is 4. The van der Waals surface area contributed by atoms with E-state index < -0.39 is 17.9 Å². The second-order valence-corrected chi connectivity index (χ2v) is 10.7. The summed E-state index contributed by atoms with van der Waals surface area (Å²) in [5.41, 5.74) is 2.96. The summed E-state index contributed by atoms with van der Waals surface area (Å²) in [5, 5.41) is 14.5. The van der Waals surface area contributed by atoms with E-state index in [-0.39, 0.29) is 31.3 Å². The molecule has 1 unspecified atom stereocenters. The van der Waals surface area contributed by atoms with E-state index in [0.717, 1.165) is 17.7 Å². The first-order chi connectivity index (χ1) is 20.9. The summed E-state index contributed by atoms with van der Waals surface area (Å²) >= 11 is 6.26. The Kier molecular flexibility index (Phi) is 7.84. The van der Waals surface area contributed by atoms with E-state index in [0.29, 0.717) is 35.1 Å². The van der Waals surface area contributed by atoms with Crippen LogP contribution in [0.1, 0.15) is 18.4 Å². The predicted octanol–water partition coefficient (Wildman–Crippen LogP) is 2.87. The van der Waals surface area contributed by atoms with Gasteiger partial charge in [0, 0.05) is 35.8 Å². The number of tetrazole rings is 1. The molecule has 0 radical (unpaired) electrons. The molecule has 1 atom stereocenters. The number of benzene rings is 3. The smallest absolute Gasteiger partial charge is 0.247 e. The van der Waals surface area contributed by atoms with Crippen molar-refractivity contribution in [3.05, 3.63) is 89.7 Å². The fourth-order valence-corrected chi connectivity index (χ4v) is 5.53. The second kappa shape index (κ2) is 12.0. The van der Waals surface area contributed by atoms with E-state index in [9.17, 15) is 19.2 Å². The first kappa shape index (κ1) is 28.0. The molecule has 4 aromatic rings. The van der Waals surface area contributed by atoms with Gasteiger partial charge in [-0.05, 0) is 64.9 Å². The molecule has 2 fully saturated rings. The number of halogens is 1. The average molecular weight is 599 g/mol. The third-order valence-electron chi connectivity index (χ3n) is 7.52. The van der Waals surface area contributed by atoms with E-state index in [1.807, 2.05) is 30.3 Å². The molecule has 1 N–H and O–H groups in total. The monoisotopic (exact) mass is 598 g/mol. The van der Waals surface area contributed by atoms with Crippen LogP contribution in [0.15, 0.2) is 79.1 Å². The highest BCUT2D eigenvalue weighted by Crippen LogP contribution is 2.30. The Balaban J connectivity index is 1.24. The van der Waals surface area contributed by atoms with Crippen LogP contribution in [0.3, 0.4) is 0 Å². The zero-order valence-corrected chi connectivity index (χ0v) is 23.7. The van der Waals surface area contributed by atoms with Gasteiger partial charge in [0.05, 0.1) is 11.4 Å². The number of rotatable bonds is 8.